The minimum atomic E-state index is -2.24. The van der Waals surface area contributed by atoms with Gasteiger partial charge in [0.05, 0.1) is 33.4 Å². The SMILES string of the molecule is CC(C)c1cccc(C(C)C)c1-n1c(-c2cccc([Si](C)(C)c3cccc(-c4nc5ccccc5n4-c4c(C(C)C)cccc4C(C)C)c3)c2)nc2ccccc21. The first kappa shape index (κ1) is 38.4. The Morgan fingerprint density at radius 1 is 0.404 bits per heavy atom. The lowest BCUT2D eigenvalue weighted by Crippen LogP contribution is -2.52. The van der Waals surface area contributed by atoms with E-state index < -0.39 is 8.07 Å². The van der Waals surface area contributed by atoms with Crippen LogP contribution in [0.4, 0.5) is 0 Å². The normalized spacial score (nSPS) is 12.3. The highest BCUT2D eigenvalue weighted by atomic mass is 28.3. The summed E-state index contributed by atoms with van der Waals surface area (Å²) < 4.78 is 4.89. The molecular weight excluding hydrogens is 709 g/mol. The van der Waals surface area contributed by atoms with Crippen LogP contribution in [0.25, 0.3) is 56.2 Å². The van der Waals surface area contributed by atoms with Crippen LogP contribution in [0.15, 0.2) is 133 Å². The molecule has 0 unspecified atom stereocenters. The number of imidazole rings is 2. The third-order valence-electron chi connectivity index (χ3n) is 11.9. The Morgan fingerprint density at radius 2 is 0.737 bits per heavy atom. The number of fused-ring (bicyclic) bond motifs is 2. The van der Waals surface area contributed by atoms with Crippen molar-refractivity contribution in [3.63, 3.8) is 0 Å². The first-order valence-electron chi connectivity index (χ1n) is 20.8. The van der Waals surface area contributed by atoms with Crippen molar-refractivity contribution in [1.82, 2.24) is 19.1 Å². The molecule has 8 rings (SSSR count). The highest BCUT2D eigenvalue weighted by molar-refractivity contribution is 7.00. The van der Waals surface area contributed by atoms with Gasteiger partial charge in [-0.3, -0.25) is 9.13 Å². The zero-order valence-electron chi connectivity index (χ0n) is 35.3. The van der Waals surface area contributed by atoms with Gasteiger partial charge in [-0.15, -0.1) is 0 Å². The number of hydrogen-bond donors (Lipinski definition) is 0. The van der Waals surface area contributed by atoms with Crippen molar-refractivity contribution in [3.05, 3.63) is 156 Å². The molecule has 0 saturated carbocycles. The number of benzene rings is 6. The van der Waals surface area contributed by atoms with Crippen molar-refractivity contribution in [3.8, 4) is 34.2 Å². The Hall–Kier alpha value is -5.52. The van der Waals surface area contributed by atoms with E-state index in [4.69, 9.17) is 9.97 Å². The highest BCUT2D eigenvalue weighted by Crippen LogP contribution is 2.39. The molecule has 0 aliphatic carbocycles. The lowest BCUT2D eigenvalue weighted by atomic mass is 9.92. The summed E-state index contributed by atoms with van der Waals surface area (Å²) in [6.07, 6.45) is 0. The van der Waals surface area contributed by atoms with Crippen LogP contribution in [-0.2, 0) is 0 Å². The molecule has 2 aromatic heterocycles. The largest absolute Gasteiger partial charge is 0.292 e. The van der Waals surface area contributed by atoms with Crippen molar-refractivity contribution in [2.45, 2.75) is 92.2 Å². The molecule has 2 heterocycles. The fourth-order valence-electron chi connectivity index (χ4n) is 8.69. The summed E-state index contributed by atoms with van der Waals surface area (Å²) >= 11 is 0. The first-order chi connectivity index (χ1) is 27.4. The van der Waals surface area contributed by atoms with Crippen molar-refractivity contribution in [2.24, 2.45) is 0 Å². The van der Waals surface area contributed by atoms with E-state index in [1.165, 1.54) is 44.0 Å². The molecule has 0 spiro atoms. The van der Waals surface area contributed by atoms with Gasteiger partial charge in [0.25, 0.3) is 0 Å². The van der Waals surface area contributed by atoms with Gasteiger partial charge in [0.1, 0.15) is 19.7 Å². The summed E-state index contributed by atoms with van der Waals surface area (Å²) in [6.45, 7) is 23.3. The molecule has 8 aromatic rings. The van der Waals surface area contributed by atoms with Gasteiger partial charge in [-0.25, -0.2) is 9.97 Å². The molecule has 4 nitrogen and oxygen atoms in total. The summed E-state index contributed by atoms with van der Waals surface area (Å²) in [6, 6.07) is 49.3. The number of rotatable bonds is 10. The zero-order valence-corrected chi connectivity index (χ0v) is 36.3. The van der Waals surface area contributed by atoms with E-state index in [1.807, 2.05) is 0 Å². The summed E-state index contributed by atoms with van der Waals surface area (Å²) in [5.74, 6) is 3.43. The van der Waals surface area contributed by atoms with Crippen LogP contribution in [0.5, 0.6) is 0 Å². The van der Waals surface area contributed by atoms with E-state index >= 15 is 0 Å². The maximum atomic E-state index is 5.38. The maximum absolute atomic E-state index is 5.38. The lowest BCUT2D eigenvalue weighted by Gasteiger charge is -2.26. The Morgan fingerprint density at radius 3 is 1.09 bits per heavy atom. The standard InChI is InChI=1S/C52H56N4Si/c1-33(2)41-23-17-24-42(34(3)4)49(41)55-47-29-13-11-27-45(47)53-51(55)37-19-15-21-39(31-37)57(9,10)40-22-16-20-38(32-40)52-54-46-28-12-14-30-48(46)56(52)50-43(35(5)6)25-18-26-44(50)36(7)8/h11-36H,1-10H3. The van der Waals surface area contributed by atoms with Crippen LogP contribution in [0.3, 0.4) is 0 Å². The maximum Gasteiger partial charge on any atom is 0.145 e. The first-order valence-corrected chi connectivity index (χ1v) is 23.8. The van der Waals surface area contributed by atoms with Gasteiger partial charge >= 0.3 is 0 Å². The molecule has 0 radical (unpaired) electrons. The third kappa shape index (κ3) is 6.76. The van der Waals surface area contributed by atoms with Crippen LogP contribution in [-0.4, -0.2) is 27.2 Å². The average Bonchev–Trinajstić information content (AvgIpc) is 3.79. The smallest absolute Gasteiger partial charge is 0.145 e. The molecule has 5 heteroatoms. The van der Waals surface area contributed by atoms with Gasteiger partial charge in [-0.05, 0) is 70.2 Å². The minimum Gasteiger partial charge on any atom is -0.292 e. The fraction of sp³-hybridized carbons (Fsp3) is 0.269. The summed E-state index contributed by atoms with van der Waals surface area (Å²) in [4.78, 5) is 10.8. The van der Waals surface area contributed by atoms with Gasteiger partial charge < -0.3 is 0 Å². The van der Waals surface area contributed by atoms with Gasteiger partial charge in [-0.1, -0.05) is 188 Å². The Labute approximate surface area is 340 Å². The van der Waals surface area contributed by atoms with E-state index in [-0.39, 0.29) is 0 Å². The summed E-state index contributed by atoms with van der Waals surface area (Å²) in [5, 5.41) is 2.75. The van der Waals surface area contributed by atoms with Gasteiger partial charge in [0.2, 0.25) is 0 Å². The number of hydrogen-bond acceptors (Lipinski definition) is 2. The summed E-state index contributed by atoms with van der Waals surface area (Å²) in [5.41, 5.74) is 14.5. The predicted molar refractivity (Wildman–Crippen MR) is 246 cm³/mol. The van der Waals surface area contributed by atoms with E-state index in [0.29, 0.717) is 23.7 Å². The second kappa shape index (κ2) is 15.1. The second-order valence-electron chi connectivity index (χ2n) is 17.5. The average molecular weight is 765 g/mol. The molecule has 0 bridgehead atoms. The molecule has 0 aliphatic heterocycles. The Balaban J connectivity index is 1.28. The van der Waals surface area contributed by atoms with E-state index in [0.717, 1.165) is 44.8 Å². The second-order valence-corrected chi connectivity index (χ2v) is 21.9. The quantitative estimate of drug-likeness (QED) is 0.130. The molecule has 0 N–H and O–H groups in total. The van der Waals surface area contributed by atoms with Crippen LogP contribution in [0.1, 0.15) is 101 Å². The van der Waals surface area contributed by atoms with Gasteiger partial charge in [-0.2, -0.15) is 0 Å². The lowest BCUT2D eigenvalue weighted by molar-refractivity contribution is 0.811. The van der Waals surface area contributed by atoms with Crippen LogP contribution in [0.2, 0.25) is 13.1 Å². The molecule has 0 amide bonds. The molecule has 0 fully saturated rings. The fourth-order valence-corrected chi connectivity index (χ4v) is 11.1. The number of para-hydroxylation sites is 6. The van der Waals surface area contributed by atoms with Crippen molar-refractivity contribution in [1.29, 1.82) is 0 Å². The van der Waals surface area contributed by atoms with E-state index in [1.54, 1.807) is 0 Å². The van der Waals surface area contributed by atoms with Crippen molar-refractivity contribution >= 4 is 40.5 Å². The van der Waals surface area contributed by atoms with E-state index in [9.17, 15) is 0 Å². The Kier molecular flexibility index (Phi) is 10.2. The van der Waals surface area contributed by atoms with Crippen LogP contribution >= 0.6 is 0 Å². The van der Waals surface area contributed by atoms with Crippen molar-refractivity contribution in [2.75, 3.05) is 0 Å². The molecule has 6 aromatic carbocycles. The molecule has 0 saturated heterocycles. The van der Waals surface area contributed by atoms with Crippen LogP contribution < -0.4 is 10.4 Å². The number of aromatic nitrogens is 4. The molecular formula is C52H56N4Si. The Bertz CT molecular complexity index is 2500. The highest BCUT2D eigenvalue weighted by Gasteiger charge is 2.29. The monoisotopic (exact) mass is 764 g/mol. The minimum absolute atomic E-state index is 0.363. The third-order valence-corrected chi connectivity index (χ3v) is 15.4. The molecule has 0 aliphatic rings. The number of nitrogens with zero attached hydrogens (tertiary/aromatic N) is 4. The van der Waals surface area contributed by atoms with Crippen LogP contribution in [0, 0.1) is 0 Å². The predicted octanol–water partition coefficient (Wildman–Crippen LogP) is 13.0. The van der Waals surface area contributed by atoms with E-state index in [2.05, 4.69) is 211 Å². The van der Waals surface area contributed by atoms with Gasteiger partial charge in [0.15, 0.2) is 0 Å². The zero-order chi connectivity index (χ0) is 40.2. The van der Waals surface area contributed by atoms with Crippen molar-refractivity contribution < 1.29 is 0 Å². The topological polar surface area (TPSA) is 35.6 Å². The summed E-state index contributed by atoms with van der Waals surface area (Å²) in [7, 11) is -2.24. The molecule has 57 heavy (non-hydrogen) atoms. The van der Waals surface area contributed by atoms with Gasteiger partial charge in [0, 0.05) is 11.1 Å². The molecule has 0 atom stereocenters. The molecule has 288 valence electrons.